The maximum Gasteiger partial charge on any atom is 0.221 e. The molecule has 1 amide bonds. The van der Waals surface area contributed by atoms with Crippen LogP contribution in [0.1, 0.15) is 51.2 Å². The summed E-state index contributed by atoms with van der Waals surface area (Å²) in [7, 11) is 0. The van der Waals surface area contributed by atoms with Crippen LogP contribution in [0.5, 0.6) is 0 Å². The smallest absolute Gasteiger partial charge is 0.221 e. The van der Waals surface area contributed by atoms with Crippen LogP contribution in [0.3, 0.4) is 0 Å². The first kappa shape index (κ1) is 16.9. The molecule has 4 nitrogen and oxygen atoms in total. The Bertz CT molecular complexity index is 675. The van der Waals surface area contributed by atoms with E-state index in [1.165, 1.54) is 25.0 Å². The van der Waals surface area contributed by atoms with E-state index >= 15 is 0 Å². The maximum atomic E-state index is 11.0. The number of carbonyl (C=O) groups excluding carboxylic acids is 1. The van der Waals surface area contributed by atoms with Crippen LogP contribution in [0.15, 0.2) is 34.5 Å². The van der Waals surface area contributed by atoms with Crippen LogP contribution >= 0.6 is 0 Å². The lowest BCUT2D eigenvalue weighted by Crippen LogP contribution is -2.36. The maximum absolute atomic E-state index is 11.0. The van der Waals surface area contributed by atoms with Crippen LogP contribution < -0.4 is 5.73 Å². The van der Waals surface area contributed by atoms with Gasteiger partial charge in [0.15, 0.2) is 0 Å². The quantitative estimate of drug-likeness (QED) is 0.906. The van der Waals surface area contributed by atoms with Crippen LogP contribution in [0.4, 0.5) is 0 Å². The fourth-order valence-electron chi connectivity index (χ4n) is 4.80. The van der Waals surface area contributed by atoms with E-state index in [4.69, 9.17) is 5.73 Å². The number of primary amides is 1. The second kappa shape index (κ2) is 6.88. The monoisotopic (exact) mass is 325 g/mol. The zero-order chi connectivity index (χ0) is 17.3. The van der Waals surface area contributed by atoms with Gasteiger partial charge in [0.1, 0.15) is 0 Å². The molecule has 0 spiro atoms. The molecular weight excluding hydrogens is 298 g/mol. The summed E-state index contributed by atoms with van der Waals surface area (Å²) >= 11 is 0. The number of benzene rings is 1. The number of rotatable bonds is 3. The van der Waals surface area contributed by atoms with Gasteiger partial charge in [0.25, 0.3) is 0 Å². The van der Waals surface area contributed by atoms with Gasteiger partial charge in [0, 0.05) is 17.5 Å². The van der Waals surface area contributed by atoms with E-state index in [2.05, 4.69) is 29.3 Å². The van der Waals surface area contributed by atoms with Gasteiger partial charge >= 0.3 is 0 Å². The number of amides is 1. The van der Waals surface area contributed by atoms with E-state index in [0.29, 0.717) is 18.3 Å². The van der Waals surface area contributed by atoms with Crippen molar-refractivity contribution in [1.82, 2.24) is 0 Å². The Hall–Kier alpha value is -1.97. The van der Waals surface area contributed by atoms with Crippen LogP contribution in [-0.4, -0.2) is 17.3 Å². The molecule has 4 rings (SSSR count). The van der Waals surface area contributed by atoms with Gasteiger partial charge in [-0.25, -0.2) is 0 Å². The predicted octanol–water partition coefficient (Wildman–Crippen LogP) is 3.58. The van der Waals surface area contributed by atoms with E-state index in [1.807, 2.05) is 26.0 Å². The molecule has 24 heavy (non-hydrogen) atoms. The molecule has 0 radical (unpaired) electrons. The van der Waals surface area contributed by atoms with Crippen molar-refractivity contribution < 1.29 is 4.79 Å². The van der Waals surface area contributed by atoms with E-state index in [1.54, 1.807) is 0 Å². The largest absolute Gasteiger partial charge is 0.369 e. The van der Waals surface area contributed by atoms with Gasteiger partial charge in [-0.15, -0.1) is 0 Å². The Labute approximate surface area is 144 Å². The highest BCUT2D eigenvalue weighted by atomic mass is 16.1. The van der Waals surface area contributed by atoms with Gasteiger partial charge in [-0.1, -0.05) is 38.1 Å². The summed E-state index contributed by atoms with van der Waals surface area (Å²) in [4.78, 5) is 11.0. The highest BCUT2D eigenvalue weighted by molar-refractivity contribution is 6.07. The molecule has 1 aromatic carbocycles. The predicted molar refractivity (Wildman–Crippen MR) is 98.1 cm³/mol. The van der Waals surface area contributed by atoms with Crippen molar-refractivity contribution in [1.29, 1.82) is 0 Å². The van der Waals surface area contributed by atoms with E-state index in [9.17, 15) is 4.79 Å². The summed E-state index contributed by atoms with van der Waals surface area (Å²) in [5.74, 6) is 2.41. The summed E-state index contributed by atoms with van der Waals surface area (Å²) in [6.45, 7) is 6.13. The van der Waals surface area contributed by atoms with E-state index in [-0.39, 0.29) is 5.91 Å². The van der Waals surface area contributed by atoms with Gasteiger partial charge in [0.05, 0.1) is 12.1 Å². The molecule has 1 heterocycles. The Kier molecular flexibility index (Phi) is 4.83. The molecule has 3 aliphatic rings. The van der Waals surface area contributed by atoms with Gasteiger partial charge in [-0.05, 0) is 49.1 Å². The van der Waals surface area contributed by atoms with E-state index < -0.39 is 0 Å². The first-order valence-electron chi connectivity index (χ1n) is 9.13. The molecule has 0 saturated heterocycles. The van der Waals surface area contributed by atoms with Crippen LogP contribution in [-0.2, 0) is 11.2 Å². The zero-order valence-corrected chi connectivity index (χ0v) is 14.8. The molecule has 1 aliphatic heterocycles. The standard InChI is InChI=1S/C18H21N3O.C2H6/c1-10-16-13-6-7-14(9-13)17(16)18(21-20-10)12-4-2-11(3-5-12)8-15(19)22;1-2/h2-5,13-14,16-17H,6-9H2,1H3,(H2,19,22);1-2H3. The molecule has 2 fully saturated rings. The topological polar surface area (TPSA) is 67.8 Å². The average molecular weight is 325 g/mol. The molecule has 2 aliphatic carbocycles. The number of fused-ring (bicyclic) bond motifs is 5. The van der Waals surface area contributed by atoms with Crippen molar-refractivity contribution in [3.05, 3.63) is 35.4 Å². The number of nitrogens with zero attached hydrogens (tertiary/aromatic N) is 2. The molecule has 2 N–H and O–H groups in total. The first-order valence-corrected chi connectivity index (χ1v) is 9.13. The summed E-state index contributed by atoms with van der Waals surface area (Å²) in [6, 6.07) is 8.10. The van der Waals surface area contributed by atoms with Crippen molar-refractivity contribution in [2.24, 2.45) is 39.6 Å². The molecular formula is C20H27N3O. The van der Waals surface area contributed by atoms with Crippen LogP contribution in [0, 0.1) is 23.7 Å². The van der Waals surface area contributed by atoms with E-state index in [0.717, 1.165) is 28.7 Å². The van der Waals surface area contributed by atoms with Gasteiger partial charge in [0.2, 0.25) is 5.91 Å². The third-order valence-electron chi connectivity index (χ3n) is 5.66. The fraction of sp³-hybridized carbons (Fsp3) is 0.550. The van der Waals surface area contributed by atoms with Gasteiger partial charge < -0.3 is 5.73 Å². The molecule has 128 valence electrons. The third-order valence-corrected chi connectivity index (χ3v) is 5.66. The summed E-state index contributed by atoms with van der Waals surface area (Å²) < 4.78 is 0. The SMILES string of the molecule is CC.CC1=NN=C(c2ccc(CC(N)=O)cc2)C2C3CCC(C3)C12. The lowest BCUT2D eigenvalue weighted by atomic mass is 9.72. The van der Waals surface area contributed by atoms with Crippen LogP contribution in [0.2, 0.25) is 0 Å². The first-order chi connectivity index (χ1) is 11.6. The minimum absolute atomic E-state index is 0.292. The number of nitrogens with two attached hydrogens (primary N) is 1. The molecule has 2 bridgehead atoms. The summed E-state index contributed by atoms with van der Waals surface area (Å²) in [6.07, 6.45) is 4.31. The molecule has 1 aromatic rings. The van der Waals surface area contributed by atoms with Crippen molar-refractivity contribution in [3.63, 3.8) is 0 Å². The normalized spacial score (nSPS) is 30.0. The highest BCUT2D eigenvalue weighted by Crippen LogP contribution is 2.54. The Morgan fingerprint density at radius 1 is 1.08 bits per heavy atom. The second-order valence-corrected chi connectivity index (χ2v) is 6.95. The molecule has 4 heteroatoms. The number of hydrogen-bond acceptors (Lipinski definition) is 3. The van der Waals surface area contributed by atoms with Crippen molar-refractivity contribution in [2.75, 3.05) is 0 Å². The van der Waals surface area contributed by atoms with Crippen LogP contribution in [0.25, 0.3) is 0 Å². The minimum Gasteiger partial charge on any atom is -0.369 e. The molecule has 2 saturated carbocycles. The number of hydrogen-bond donors (Lipinski definition) is 1. The van der Waals surface area contributed by atoms with Crippen molar-refractivity contribution in [3.8, 4) is 0 Å². The molecule has 0 aromatic heterocycles. The third kappa shape index (κ3) is 2.90. The van der Waals surface area contributed by atoms with Gasteiger partial charge in [-0.3, -0.25) is 4.79 Å². The Balaban J connectivity index is 0.000000815. The lowest BCUT2D eigenvalue weighted by Gasteiger charge is -2.34. The molecule has 4 unspecified atom stereocenters. The second-order valence-electron chi connectivity index (χ2n) is 6.95. The van der Waals surface area contributed by atoms with Crippen molar-refractivity contribution in [2.45, 2.75) is 46.5 Å². The Morgan fingerprint density at radius 2 is 1.71 bits per heavy atom. The highest BCUT2D eigenvalue weighted by Gasteiger charge is 2.51. The lowest BCUT2D eigenvalue weighted by molar-refractivity contribution is -0.117. The molecule has 4 atom stereocenters. The van der Waals surface area contributed by atoms with Gasteiger partial charge in [-0.2, -0.15) is 10.2 Å². The summed E-state index contributed by atoms with van der Waals surface area (Å²) in [5.41, 5.74) is 9.71. The fourth-order valence-corrected chi connectivity index (χ4v) is 4.80. The summed E-state index contributed by atoms with van der Waals surface area (Å²) in [5, 5.41) is 9.00. The minimum atomic E-state index is -0.295. The van der Waals surface area contributed by atoms with Crippen molar-refractivity contribution >= 4 is 17.3 Å². The number of carbonyl (C=O) groups is 1. The average Bonchev–Trinajstić information content (AvgIpc) is 3.20. The Morgan fingerprint density at radius 3 is 2.33 bits per heavy atom. The zero-order valence-electron chi connectivity index (χ0n) is 14.8.